The second-order valence-electron chi connectivity index (χ2n) is 3.51. The number of rotatable bonds is 5. The molecule has 1 aliphatic rings. The van der Waals surface area contributed by atoms with Crippen molar-refractivity contribution in [3.63, 3.8) is 0 Å². The van der Waals surface area contributed by atoms with Crippen LogP contribution in [-0.4, -0.2) is 51.3 Å². The van der Waals surface area contributed by atoms with Crippen molar-refractivity contribution in [3.05, 3.63) is 0 Å². The van der Waals surface area contributed by atoms with E-state index in [1.165, 1.54) is 6.42 Å². The molecule has 1 unspecified atom stereocenters. The van der Waals surface area contributed by atoms with E-state index in [0.717, 1.165) is 39.3 Å². The Balaban J connectivity index is 0.000000265. The molecule has 1 aliphatic heterocycles. The standard InChI is InChI=1S/C6H12O2.C5H11NO/c1-7-4-6-2-3-8-5-6;1-3-6(4-2)5-7/h6H,2-5H2,1H3;5H,3-4H2,1-2H3. The summed E-state index contributed by atoms with van der Waals surface area (Å²) < 4.78 is 10.1. The molecule has 0 saturated carbocycles. The minimum absolute atomic E-state index is 0.667. The van der Waals surface area contributed by atoms with Crippen LogP contribution in [0.4, 0.5) is 0 Å². The molecule has 0 aromatic rings. The predicted molar refractivity (Wildman–Crippen MR) is 59.8 cm³/mol. The van der Waals surface area contributed by atoms with Crippen molar-refractivity contribution in [1.82, 2.24) is 4.90 Å². The average molecular weight is 217 g/mol. The van der Waals surface area contributed by atoms with E-state index in [4.69, 9.17) is 9.47 Å². The van der Waals surface area contributed by atoms with Gasteiger partial charge in [-0.3, -0.25) is 4.79 Å². The molecular formula is C11H23NO3. The lowest BCUT2D eigenvalue weighted by molar-refractivity contribution is -0.117. The molecule has 0 aromatic heterocycles. The fraction of sp³-hybridized carbons (Fsp3) is 0.909. The molecule has 0 N–H and O–H groups in total. The van der Waals surface area contributed by atoms with Crippen LogP contribution in [0.2, 0.25) is 0 Å². The molecule has 90 valence electrons. The van der Waals surface area contributed by atoms with Crippen molar-refractivity contribution in [2.45, 2.75) is 20.3 Å². The van der Waals surface area contributed by atoms with E-state index < -0.39 is 0 Å². The Morgan fingerprint density at radius 3 is 2.40 bits per heavy atom. The second-order valence-corrected chi connectivity index (χ2v) is 3.51. The van der Waals surface area contributed by atoms with Crippen molar-refractivity contribution in [3.8, 4) is 0 Å². The summed E-state index contributed by atoms with van der Waals surface area (Å²) >= 11 is 0. The summed E-state index contributed by atoms with van der Waals surface area (Å²) in [5.41, 5.74) is 0. The average Bonchev–Trinajstić information content (AvgIpc) is 2.75. The van der Waals surface area contributed by atoms with Gasteiger partial charge in [0.15, 0.2) is 0 Å². The molecule has 1 amide bonds. The number of amides is 1. The lowest BCUT2D eigenvalue weighted by Crippen LogP contribution is -2.19. The number of methoxy groups -OCH3 is 1. The Hall–Kier alpha value is -0.610. The van der Waals surface area contributed by atoms with Crippen LogP contribution in [0.25, 0.3) is 0 Å². The van der Waals surface area contributed by atoms with Crippen LogP contribution < -0.4 is 0 Å². The van der Waals surface area contributed by atoms with Crippen LogP contribution in [0.5, 0.6) is 0 Å². The first kappa shape index (κ1) is 14.4. The molecule has 4 nitrogen and oxygen atoms in total. The van der Waals surface area contributed by atoms with Crippen molar-refractivity contribution < 1.29 is 14.3 Å². The van der Waals surface area contributed by atoms with Gasteiger partial charge in [0.2, 0.25) is 6.41 Å². The number of hydrogen-bond donors (Lipinski definition) is 0. The Morgan fingerprint density at radius 1 is 1.47 bits per heavy atom. The van der Waals surface area contributed by atoms with Crippen LogP contribution >= 0.6 is 0 Å². The second kappa shape index (κ2) is 9.93. The summed E-state index contributed by atoms with van der Waals surface area (Å²) in [5.74, 6) is 0.667. The highest BCUT2D eigenvalue weighted by molar-refractivity contribution is 5.46. The van der Waals surface area contributed by atoms with E-state index in [1.54, 1.807) is 12.0 Å². The highest BCUT2D eigenvalue weighted by atomic mass is 16.5. The van der Waals surface area contributed by atoms with Gasteiger partial charge in [0.05, 0.1) is 13.2 Å². The molecule has 0 aliphatic carbocycles. The van der Waals surface area contributed by atoms with E-state index in [2.05, 4.69) is 0 Å². The highest BCUT2D eigenvalue weighted by Gasteiger charge is 2.14. The van der Waals surface area contributed by atoms with Crippen LogP contribution in [0.3, 0.4) is 0 Å². The fourth-order valence-corrected chi connectivity index (χ4v) is 1.32. The van der Waals surface area contributed by atoms with Crippen molar-refractivity contribution in [2.75, 3.05) is 40.0 Å². The van der Waals surface area contributed by atoms with Crippen LogP contribution in [0, 0.1) is 5.92 Å². The quantitative estimate of drug-likeness (QED) is 0.649. The van der Waals surface area contributed by atoms with Crippen LogP contribution in [0.1, 0.15) is 20.3 Å². The normalized spacial score (nSPS) is 19.3. The van der Waals surface area contributed by atoms with Gasteiger partial charge in [0.1, 0.15) is 0 Å². The van der Waals surface area contributed by atoms with Crippen molar-refractivity contribution in [2.24, 2.45) is 5.92 Å². The number of hydrogen-bond acceptors (Lipinski definition) is 3. The van der Waals surface area contributed by atoms with Gasteiger partial charge in [-0.15, -0.1) is 0 Å². The molecule has 1 atom stereocenters. The van der Waals surface area contributed by atoms with Gasteiger partial charge in [0, 0.05) is 32.7 Å². The number of ether oxygens (including phenoxy) is 2. The number of nitrogens with zero attached hydrogens (tertiary/aromatic N) is 1. The van der Waals surface area contributed by atoms with Gasteiger partial charge in [-0.05, 0) is 20.3 Å². The fourth-order valence-electron chi connectivity index (χ4n) is 1.32. The first-order valence-corrected chi connectivity index (χ1v) is 5.54. The maximum absolute atomic E-state index is 9.89. The third-order valence-electron chi connectivity index (χ3n) is 2.39. The molecule has 15 heavy (non-hydrogen) atoms. The lowest BCUT2D eigenvalue weighted by atomic mass is 10.1. The predicted octanol–water partition coefficient (Wildman–Crippen LogP) is 1.15. The van der Waals surface area contributed by atoms with Gasteiger partial charge < -0.3 is 14.4 Å². The van der Waals surface area contributed by atoms with E-state index in [-0.39, 0.29) is 0 Å². The van der Waals surface area contributed by atoms with E-state index in [9.17, 15) is 4.79 Å². The van der Waals surface area contributed by atoms with Gasteiger partial charge >= 0.3 is 0 Å². The number of carbonyl (C=O) groups excluding carboxylic acids is 1. The maximum atomic E-state index is 9.89. The van der Waals surface area contributed by atoms with E-state index in [1.807, 2.05) is 13.8 Å². The third-order valence-corrected chi connectivity index (χ3v) is 2.39. The highest BCUT2D eigenvalue weighted by Crippen LogP contribution is 2.11. The molecule has 0 aromatic carbocycles. The molecular weight excluding hydrogens is 194 g/mol. The SMILES string of the molecule is CCN(C=O)CC.COCC1CCOC1. The summed E-state index contributed by atoms with van der Waals surface area (Å²) in [4.78, 5) is 11.6. The Morgan fingerprint density at radius 2 is 2.13 bits per heavy atom. The Labute approximate surface area is 92.5 Å². The topological polar surface area (TPSA) is 38.8 Å². The molecule has 1 saturated heterocycles. The van der Waals surface area contributed by atoms with E-state index >= 15 is 0 Å². The molecule has 1 heterocycles. The molecule has 1 fully saturated rings. The lowest BCUT2D eigenvalue weighted by Gasteiger charge is -2.08. The molecule has 0 bridgehead atoms. The van der Waals surface area contributed by atoms with Crippen LogP contribution in [0.15, 0.2) is 0 Å². The summed E-state index contributed by atoms with van der Waals surface area (Å²) in [5, 5.41) is 0. The molecule has 0 spiro atoms. The summed E-state index contributed by atoms with van der Waals surface area (Å²) in [6, 6.07) is 0. The zero-order valence-corrected chi connectivity index (χ0v) is 10.1. The van der Waals surface area contributed by atoms with Gasteiger partial charge in [-0.25, -0.2) is 0 Å². The van der Waals surface area contributed by atoms with E-state index in [0.29, 0.717) is 5.92 Å². The van der Waals surface area contributed by atoms with Crippen molar-refractivity contribution in [1.29, 1.82) is 0 Å². The minimum atomic E-state index is 0.667. The summed E-state index contributed by atoms with van der Waals surface area (Å²) in [6.07, 6.45) is 2.04. The smallest absolute Gasteiger partial charge is 0.209 e. The monoisotopic (exact) mass is 217 g/mol. The summed E-state index contributed by atoms with van der Waals surface area (Å²) in [7, 11) is 1.73. The first-order valence-electron chi connectivity index (χ1n) is 5.54. The number of carbonyl (C=O) groups is 1. The largest absolute Gasteiger partial charge is 0.384 e. The zero-order chi connectivity index (χ0) is 11.5. The Bertz CT molecular complexity index is 143. The van der Waals surface area contributed by atoms with Crippen molar-refractivity contribution >= 4 is 6.41 Å². The third kappa shape index (κ3) is 7.33. The zero-order valence-electron chi connectivity index (χ0n) is 10.1. The maximum Gasteiger partial charge on any atom is 0.209 e. The van der Waals surface area contributed by atoms with Gasteiger partial charge in [-0.1, -0.05) is 0 Å². The molecule has 4 heteroatoms. The van der Waals surface area contributed by atoms with Gasteiger partial charge in [0.25, 0.3) is 0 Å². The van der Waals surface area contributed by atoms with Crippen LogP contribution in [-0.2, 0) is 14.3 Å². The first-order chi connectivity index (χ1) is 7.28. The molecule has 0 radical (unpaired) electrons. The summed E-state index contributed by atoms with van der Waals surface area (Å²) in [6.45, 7) is 8.23. The Kier molecular flexibility index (Phi) is 9.52. The minimum Gasteiger partial charge on any atom is -0.384 e. The van der Waals surface area contributed by atoms with Gasteiger partial charge in [-0.2, -0.15) is 0 Å². The molecule has 1 rings (SSSR count).